The fourth-order valence-corrected chi connectivity index (χ4v) is 3.56. The average Bonchev–Trinajstić information content (AvgIpc) is 3.24. The summed E-state index contributed by atoms with van der Waals surface area (Å²) in [5.41, 5.74) is 0.368. The lowest BCUT2D eigenvalue weighted by Gasteiger charge is -2.19. The molecule has 0 aliphatic heterocycles. The Bertz CT molecular complexity index is 952. The van der Waals surface area contributed by atoms with Crippen LogP contribution in [-0.4, -0.2) is 41.4 Å². The molecule has 1 fully saturated rings. The molecule has 1 atom stereocenters. The highest BCUT2D eigenvalue weighted by Gasteiger charge is 2.28. The van der Waals surface area contributed by atoms with Gasteiger partial charge in [0.25, 0.3) is 0 Å². The van der Waals surface area contributed by atoms with E-state index in [9.17, 15) is 9.18 Å². The van der Waals surface area contributed by atoms with Crippen LogP contribution in [0.5, 0.6) is 0 Å². The summed E-state index contributed by atoms with van der Waals surface area (Å²) in [6, 6.07) is 6.03. The molecule has 140 valence electrons. The zero-order valence-corrected chi connectivity index (χ0v) is 15.4. The third-order valence-corrected chi connectivity index (χ3v) is 5.26. The van der Waals surface area contributed by atoms with Crippen LogP contribution in [0, 0.1) is 5.82 Å². The Morgan fingerprint density at radius 3 is 2.93 bits per heavy atom. The molecule has 0 bridgehead atoms. The maximum absolute atomic E-state index is 14.3. The van der Waals surface area contributed by atoms with Crippen LogP contribution in [0.25, 0.3) is 0 Å². The predicted octanol–water partition coefficient (Wildman–Crippen LogP) is 1.88. The minimum Gasteiger partial charge on any atom is -0.341 e. The second kappa shape index (κ2) is 7.47. The first-order valence-electron chi connectivity index (χ1n) is 8.55. The SMILES string of the molecule is Cn1ccnc1C(NC(=O)CSc1nnnn1C1CC1)c1ccccc1F. The van der Waals surface area contributed by atoms with Gasteiger partial charge in [-0.05, 0) is 29.3 Å². The van der Waals surface area contributed by atoms with Crippen molar-refractivity contribution in [1.82, 2.24) is 35.1 Å². The quantitative estimate of drug-likeness (QED) is 0.623. The number of benzene rings is 1. The van der Waals surface area contributed by atoms with Crippen molar-refractivity contribution in [1.29, 1.82) is 0 Å². The number of nitrogens with one attached hydrogen (secondary N) is 1. The van der Waals surface area contributed by atoms with Gasteiger partial charge in [0, 0.05) is 25.0 Å². The summed E-state index contributed by atoms with van der Waals surface area (Å²) < 4.78 is 17.9. The van der Waals surface area contributed by atoms with Crippen LogP contribution in [-0.2, 0) is 11.8 Å². The van der Waals surface area contributed by atoms with Crippen molar-refractivity contribution in [3.63, 3.8) is 0 Å². The predicted molar refractivity (Wildman–Crippen MR) is 96.4 cm³/mol. The first-order chi connectivity index (χ1) is 13.1. The fourth-order valence-electron chi connectivity index (χ4n) is 2.81. The van der Waals surface area contributed by atoms with Gasteiger partial charge >= 0.3 is 0 Å². The van der Waals surface area contributed by atoms with E-state index in [0.29, 0.717) is 22.6 Å². The normalized spacial score (nSPS) is 14.9. The van der Waals surface area contributed by atoms with Crippen molar-refractivity contribution in [3.05, 3.63) is 53.9 Å². The topological polar surface area (TPSA) is 90.5 Å². The highest BCUT2D eigenvalue weighted by atomic mass is 32.2. The van der Waals surface area contributed by atoms with Crippen LogP contribution >= 0.6 is 11.8 Å². The number of hydrogen-bond donors (Lipinski definition) is 1. The van der Waals surface area contributed by atoms with Gasteiger partial charge in [-0.3, -0.25) is 4.79 Å². The Hall–Kier alpha value is -2.75. The number of aromatic nitrogens is 6. The Balaban J connectivity index is 1.49. The molecule has 1 saturated carbocycles. The van der Waals surface area contributed by atoms with Crippen LogP contribution < -0.4 is 5.32 Å². The molecule has 2 aromatic heterocycles. The van der Waals surface area contributed by atoms with E-state index in [1.807, 2.05) is 0 Å². The molecule has 4 rings (SSSR count). The van der Waals surface area contributed by atoms with E-state index in [1.54, 1.807) is 46.9 Å². The van der Waals surface area contributed by atoms with Gasteiger partial charge in [0.2, 0.25) is 11.1 Å². The Morgan fingerprint density at radius 2 is 2.22 bits per heavy atom. The standard InChI is InChI=1S/C17H18FN7OS/c1-24-9-8-19-16(24)15(12-4-2-3-5-13(12)18)20-14(26)10-27-17-21-22-23-25(17)11-6-7-11/h2-5,8-9,11,15H,6-7,10H2,1H3,(H,20,26). The summed E-state index contributed by atoms with van der Waals surface area (Å²) in [6.45, 7) is 0. The van der Waals surface area contributed by atoms with E-state index >= 15 is 0 Å². The molecule has 1 aliphatic carbocycles. The summed E-state index contributed by atoms with van der Waals surface area (Å²) in [7, 11) is 1.81. The van der Waals surface area contributed by atoms with Crippen LogP contribution in [0.3, 0.4) is 0 Å². The minimum absolute atomic E-state index is 0.127. The Labute approximate surface area is 159 Å². The van der Waals surface area contributed by atoms with Crippen LogP contribution in [0.1, 0.15) is 36.3 Å². The van der Waals surface area contributed by atoms with Crippen molar-refractivity contribution < 1.29 is 9.18 Å². The Kier molecular flexibility index (Phi) is 4.88. The first kappa shape index (κ1) is 17.7. The highest BCUT2D eigenvalue weighted by Crippen LogP contribution is 2.36. The summed E-state index contributed by atoms with van der Waals surface area (Å²) in [6.07, 6.45) is 5.49. The number of thioether (sulfide) groups is 1. The smallest absolute Gasteiger partial charge is 0.231 e. The largest absolute Gasteiger partial charge is 0.341 e. The molecule has 0 radical (unpaired) electrons. The third-order valence-electron chi connectivity index (χ3n) is 4.33. The van der Waals surface area contributed by atoms with Gasteiger partial charge in [-0.2, -0.15) is 0 Å². The zero-order chi connectivity index (χ0) is 18.8. The van der Waals surface area contributed by atoms with Crippen molar-refractivity contribution in [2.45, 2.75) is 30.1 Å². The number of imidazole rings is 1. The summed E-state index contributed by atoms with van der Waals surface area (Å²) >= 11 is 1.27. The van der Waals surface area contributed by atoms with E-state index < -0.39 is 11.9 Å². The number of hydrogen-bond acceptors (Lipinski definition) is 6. The van der Waals surface area contributed by atoms with E-state index in [-0.39, 0.29) is 11.7 Å². The summed E-state index contributed by atoms with van der Waals surface area (Å²) in [4.78, 5) is 16.8. The van der Waals surface area contributed by atoms with E-state index in [4.69, 9.17) is 0 Å². The van der Waals surface area contributed by atoms with Crippen molar-refractivity contribution in [3.8, 4) is 0 Å². The van der Waals surface area contributed by atoms with Crippen LogP contribution in [0.4, 0.5) is 4.39 Å². The monoisotopic (exact) mass is 387 g/mol. The second-order valence-corrected chi connectivity index (χ2v) is 7.29. The van der Waals surface area contributed by atoms with Gasteiger partial charge in [0.05, 0.1) is 11.8 Å². The average molecular weight is 387 g/mol. The molecule has 1 unspecified atom stereocenters. The molecular weight excluding hydrogens is 369 g/mol. The lowest BCUT2D eigenvalue weighted by molar-refractivity contribution is -0.119. The number of rotatable bonds is 7. The minimum atomic E-state index is -0.682. The maximum Gasteiger partial charge on any atom is 0.231 e. The van der Waals surface area contributed by atoms with Crippen molar-refractivity contribution in [2.75, 3.05) is 5.75 Å². The van der Waals surface area contributed by atoms with Gasteiger partial charge in [-0.15, -0.1) is 5.10 Å². The van der Waals surface area contributed by atoms with Crippen LogP contribution in [0.2, 0.25) is 0 Å². The van der Waals surface area contributed by atoms with E-state index in [2.05, 4.69) is 25.8 Å². The Morgan fingerprint density at radius 1 is 1.41 bits per heavy atom. The molecular formula is C17H18FN7OS. The number of halogens is 1. The highest BCUT2D eigenvalue weighted by molar-refractivity contribution is 7.99. The fraction of sp³-hybridized carbons (Fsp3) is 0.353. The molecule has 3 aromatic rings. The van der Waals surface area contributed by atoms with Crippen molar-refractivity contribution in [2.24, 2.45) is 7.05 Å². The molecule has 2 heterocycles. The van der Waals surface area contributed by atoms with Crippen molar-refractivity contribution >= 4 is 17.7 Å². The van der Waals surface area contributed by atoms with E-state index in [1.165, 1.54) is 17.8 Å². The molecule has 1 amide bonds. The number of aryl methyl sites for hydroxylation is 1. The molecule has 8 nitrogen and oxygen atoms in total. The van der Waals surface area contributed by atoms with Gasteiger partial charge in [0.15, 0.2) is 0 Å². The van der Waals surface area contributed by atoms with Gasteiger partial charge in [0.1, 0.15) is 17.7 Å². The molecule has 1 N–H and O–H groups in total. The number of nitrogens with zero attached hydrogens (tertiary/aromatic N) is 6. The number of amides is 1. The number of carbonyl (C=O) groups is 1. The zero-order valence-electron chi connectivity index (χ0n) is 14.6. The number of tetrazole rings is 1. The lowest BCUT2D eigenvalue weighted by atomic mass is 10.1. The molecule has 1 aliphatic rings. The molecule has 0 saturated heterocycles. The molecule has 1 aromatic carbocycles. The summed E-state index contributed by atoms with van der Waals surface area (Å²) in [5.74, 6) is 0.0432. The lowest BCUT2D eigenvalue weighted by Crippen LogP contribution is -2.33. The molecule has 27 heavy (non-hydrogen) atoms. The number of carbonyl (C=O) groups excluding carboxylic acids is 1. The third kappa shape index (κ3) is 3.85. The second-order valence-electron chi connectivity index (χ2n) is 6.34. The first-order valence-corrected chi connectivity index (χ1v) is 9.53. The molecule has 10 heteroatoms. The molecule has 0 spiro atoms. The van der Waals surface area contributed by atoms with E-state index in [0.717, 1.165) is 12.8 Å². The van der Waals surface area contributed by atoms with Crippen LogP contribution in [0.15, 0.2) is 41.8 Å². The summed E-state index contributed by atoms with van der Waals surface area (Å²) in [5, 5.41) is 15.1. The van der Waals surface area contributed by atoms with Gasteiger partial charge in [-0.25, -0.2) is 14.1 Å². The van der Waals surface area contributed by atoms with Gasteiger partial charge < -0.3 is 9.88 Å². The maximum atomic E-state index is 14.3. The van der Waals surface area contributed by atoms with Gasteiger partial charge in [-0.1, -0.05) is 30.0 Å².